The number of rotatable bonds is 3. The lowest BCUT2D eigenvalue weighted by Gasteiger charge is -2.10. The van der Waals surface area contributed by atoms with Crippen LogP contribution in [0.4, 0.5) is 0 Å². The van der Waals surface area contributed by atoms with E-state index >= 15 is 0 Å². The zero-order valence-electron chi connectivity index (χ0n) is 7.21. The van der Waals surface area contributed by atoms with E-state index in [1.807, 2.05) is 0 Å². The van der Waals surface area contributed by atoms with E-state index in [0.717, 1.165) is 4.47 Å². The van der Waals surface area contributed by atoms with Crippen LogP contribution in [0.15, 0.2) is 22.7 Å². The molecule has 0 aliphatic heterocycles. The van der Waals surface area contributed by atoms with Gasteiger partial charge in [-0.25, -0.2) is 0 Å². The van der Waals surface area contributed by atoms with Crippen molar-refractivity contribution >= 4 is 33.5 Å². The Labute approximate surface area is 95.0 Å². The van der Waals surface area contributed by atoms with Crippen molar-refractivity contribution in [2.75, 3.05) is 6.54 Å². The third-order valence-corrected chi connectivity index (χ3v) is 2.50. The molecule has 0 fully saturated rings. The highest BCUT2D eigenvalue weighted by Crippen LogP contribution is 2.24. The van der Waals surface area contributed by atoms with E-state index in [2.05, 4.69) is 15.9 Å². The molecular weight excluding hydrogens is 269 g/mol. The second-order valence-electron chi connectivity index (χ2n) is 2.83. The molecule has 0 spiro atoms. The summed E-state index contributed by atoms with van der Waals surface area (Å²) in [7, 11) is 0. The summed E-state index contributed by atoms with van der Waals surface area (Å²) in [6.07, 6.45) is 0. The van der Waals surface area contributed by atoms with Gasteiger partial charge in [-0.05, 0) is 23.8 Å². The molecule has 0 aromatic heterocycles. The molecule has 0 heterocycles. The molecule has 0 bridgehead atoms. The fourth-order valence-electron chi connectivity index (χ4n) is 1.16. The highest BCUT2D eigenvalue weighted by atomic mass is 79.9. The maximum atomic E-state index is 10.8. The molecule has 0 saturated heterocycles. The minimum atomic E-state index is -0.943. The van der Waals surface area contributed by atoms with Crippen molar-refractivity contribution < 1.29 is 9.90 Å². The first-order valence-corrected chi connectivity index (χ1v) is 5.10. The lowest BCUT2D eigenvalue weighted by molar-refractivity contribution is -0.138. The Bertz CT molecular complexity index is 336. The van der Waals surface area contributed by atoms with Crippen LogP contribution in [0.1, 0.15) is 11.5 Å². The topological polar surface area (TPSA) is 63.3 Å². The van der Waals surface area contributed by atoms with Crippen LogP contribution in [-0.4, -0.2) is 17.6 Å². The Kier molecular flexibility index (Phi) is 3.92. The molecule has 0 amide bonds. The van der Waals surface area contributed by atoms with Crippen LogP contribution in [0.2, 0.25) is 5.02 Å². The van der Waals surface area contributed by atoms with Gasteiger partial charge in [-0.1, -0.05) is 27.5 Å². The number of carboxylic acids is 1. The predicted molar refractivity (Wildman–Crippen MR) is 58.6 cm³/mol. The molecule has 1 aromatic carbocycles. The van der Waals surface area contributed by atoms with E-state index in [0.29, 0.717) is 10.6 Å². The zero-order valence-corrected chi connectivity index (χ0v) is 9.55. The van der Waals surface area contributed by atoms with Crippen LogP contribution in [-0.2, 0) is 4.79 Å². The highest BCUT2D eigenvalue weighted by Gasteiger charge is 2.18. The van der Waals surface area contributed by atoms with Gasteiger partial charge in [0.25, 0.3) is 0 Å². The molecular formula is C9H9BrClNO2. The van der Waals surface area contributed by atoms with Crippen molar-refractivity contribution in [3.8, 4) is 0 Å². The first-order chi connectivity index (χ1) is 6.54. The third kappa shape index (κ3) is 2.70. The lowest BCUT2D eigenvalue weighted by atomic mass is 10.00. The first-order valence-electron chi connectivity index (χ1n) is 3.93. The standard InChI is InChI=1S/C9H9BrClNO2/c10-6-1-5(2-7(11)3-6)8(4-12)9(13)14/h1-3,8H,4,12H2,(H,13,14). The monoisotopic (exact) mass is 277 g/mol. The summed E-state index contributed by atoms with van der Waals surface area (Å²) in [4.78, 5) is 10.8. The van der Waals surface area contributed by atoms with Crippen LogP contribution >= 0.6 is 27.5 Å². The molecule has 3 nitrogen and oxygen atoms in total. The van der Waals surface area contributed by atoms with E-state index in [4.69, 9.17) is 22.4 Å². The van der Waals surface area contributed by atoms with E-state index < -0.39 is 11.9 Å². The zero-order chi connectivity index (χ0) is 10.7. The number of benzene rings is 1. The number of carboxylic acid groups (broad SMARTS) is 1. The molecule has 1 aromatic rings. The van der Waals surface area contributed by atoms with Gasteiger partial charge in [0.2, 0.25) is 0 Å². The van der Waals surface area contributed by atoms with Gasteiger partial charge >= 0.3 is 5.97 Å². The second kappa shape index (κ2) is 4.77. The highest BCUT2D eigenvalue weighted by molar-refractivity contribution is 9.10. The fraction of sp³-hybridized carbons (Fsp3) is 0.222. The molecule has 0 radical (unpaired) electrons. The van der Waals surface area contributed by atoms with Gasteiger partial charge in [-0.15, -0.1) is 0 Å². The lowest BCUT2D eigenvalue weighted by Crippen LogP contribution is -2.21. The SMILES string of the molecule is NCC(C(=O)O)c1cc(Cl)cc(Br)c1. The summed E-state index contributed by atoms with van der Waals surface area (Å²) in [5, 5.41) is 9.36. The van der Waals surface area contributed by atoms with Crippen LogP contribution < -0.4 is 5.73 Å². The quantitative estimate of drug-likeness (QED) is 0.891. The maximum Gasteiger partial charge on any atom is 0.312 e. The largest absolute Gasteiger partial charge is 0.481 e. The van der Waals surface area contributed by atoms with Gasteiger partial charge in [0.1, 0.15) is 0 Å². The summed E-state index contributed by atoms with van der Waals surface area (Å²) < 4.78 is 0.750. The average molecular weight is 279 g/mol. The Hall–Kier alpha value is -0.580. The number of carbonyl (C=O) groups is 1. The Balaban J connectivity index is 3.10. The molecule has 76 valence electrons. The van der Waals surface area contributed by atoms with E-state index in [-0.39, 0.29) is 6.54 Å². The van der Waals surface area contributed by atoms with Crippen molar-refractivity contribution in [1.82, 2.24) is 0 Å². The van der Waals surface area contributed by atoms with E-state index in [1.54, 1.807) is 18.2 Å². The van der Waals surface area contributed by atoms with Crippen molar-refractivity contribution in [2.24, 2.45) is 5.73 Å². The van der Waals surface area contributed by atoms with Gasteiger partial charge in [-0.3, -0.25) is 4.79 Å². The molecule has 0 aliphatic rings. The smallest absolute Gasteiger partial charge is 0.312 e. The van der Waals surface area contributed by atoms with Gasteiger partial charge in [0.05, 0.1) is 5.92 Å². The third-order valence-electron chi connectivity index (χ3n) is 1.82. The Morgan fingerprint density at radius 2 is 2.21 bits per heavy atom. The van der Waals surface area contributed by atoms with Crippen molar-refractivity contribution in [3.63, 3.8) is 0 Å². The summed E-state index contributed by atoms with van der Waals surface area (Å²) in [6.45, 7) is 0.0577. The molecule has 14 heavy (non-hydrogen) atoms. The molecule has 3 N–H and O–H groups in total. The van der Waals surface area contributed by atoms with Crippen LogP contribution in [0.25, 0.3) is 0 Å². The molecule has 0 saturated carbocycles. The normalized spacial score (nSPS) is 12.5. The summed E-state index contributed by atoms with van der Waals surface area (Å²) in [6, 6.07) is 5.01. The minimum absolute atomic E-state index is 0.0577. The number of hydrogen-bond donors (Lipinski definition) is 2. The summed E-state index contributed by atoms with van der Waals surface area (Å²) in [5.74, 6) is -1.65. The van der Waals surface area contributed by atoms with Gasteiger partial charge in [0.15, 0.2) is 0 Å². The number of hydrogen-bond acceptors (Lipinski definition) is 2. The van der Waals surface area contributed by atoms with Crippen LogP contribution in [0.3, 0.4) is 0 Å². The predicted octanol–water partition coefficient (Wildman–Crippen LogP) is 2.23. The molecule has 1 unspecified atom stereocenters. The molecule has 5 heteroatoms. The fourth-order valence-corrected chi connectivity index (χ4v) is 2.04. The summed E-state index contributed by atoms with van der Waals surface area (Å²) in [5.41, 5.74) is 5.98. The van der Waals surface area contributed by atoms with Crippen molar-refractivity contribution in [3.05, 3.63) is 33.3 Å². The van der Waals surface area contributed by atoms with Crippen LogP contribution in [0.5, 0.6) is 0 Å². The Morgan fingerprint density at radius 1 is 1.57 bits per heavy atom. The number of halogens is 2. The van der Waals surface area contributed by atoms with E-state index in [1.165, 1.54) is 0 Å². The number of nitrogens with two attached hydrogens (primary N) is 1. The molecule has 0 aliphatic carbocycles. The van der Waals surface area contributed by atoms with Crippen molar-refractivity contribution in [2.45, 2.75) is 5.92 Å². The van der Waals surface area contributed by atoms with Crippen molar-refractivity contribution in [1.29, 1.82) is 0 Å². The van der Waals surface area contributed by atoms with Gasteiger partial charge in [0, 0.05) is 16.0 Å². The molecule has 1 atom stereocenters. The van der Waals surface area contributed by atoms with Gasteiger partial charge in [-0.2, -0.15) is 0 Å². The maximum absolute atomic E-state index is 10.8. The summed E-state index contributed by atoms with van der Waals surface area (Å²) >= 11 is 9.03. The first kappa shape index (κ1) is 11.5. The second-order valence-corrected chi connectivity index (χ2v) is 4.18. The minimum Gasteiger partial charge on any atom is -0.481 e. The van der Waals surface area contributed by atoms with Gasteiger partial charge < -0.3 is 10.8 Å². The van der Waals surface area contributed by atoms with Crippen LogP contribution in [0, 0.1) is 0 Å². The average Bonchev–Trinajstić information content (AvgIpc) is 2.02. The molecule has 1 rings (SSSR count). The van der Waals surface area contributed by atoms with E-state index in [9.17, 15) is 4.79 Å². The Morgan fingerprint density at radius 3 is 2.64 bits per heavy atom. The number of aliphatic carboxylic acids is 1.